The molecule has 1 aromatic heterocycles. The van der Waals surface area contributed by atoms with Gasteiger partial charge < -0.3 is 15.8 Å². The summed E-state index contributed by atoms with van der Waals surface area (Å²) in [5.74, 6) is -0.304. The highest BCUT2D eigenvalue weighted by Crippen LogP contribution is 2.31. The van der Waals surface area contributed by atoms with Gasteiger partial charge in [-0.1, -0.05) is 6.07 Å². The zero-order chi connectivity index (χ0) is 18.6. The number of aryl methyl sites for hydroxylation is 1. The first-order chi connectivity index (χ1) is 11.8. The Bertz CT molecular complexity index is 831. The van der Waals surface area contributed by atoms with Crippen molar-refractivity contribution >= 4 is 45.5 Å². The van der Waals surface area contributed by atoms with Gasteiger partial charge in [0.05, 0.1) is 12.2 Å². The molecule has 0 fully saturated rings. The number of nitrogens with one attached hydrogen (secondary N) is 2. The summed E-state index contributed by atoms with van der Waals surface area (Å²) in [6.07, 6.45) is 0. The summed E-state index contributed by atoms with van der Waals surface area (Å²) in [6.45, 7) is 6.08. The van der Waals surface area contributed by atoms with Crippen molar-refractivity contribution in [1.29, 1.82) is 0 Å². The highest BCUT2D eigenvalue weighted by Gasteiger charge is 2.18. The molecule has 4 N–H and O–H groups in total. The number of primary amides is 1. The monoisotopic (exact) mass is 377 g/mol. The molecule has 0 aliphatic carbocycles. The van der Waals surface area contributed by atoms with Gasteiger partial charge >= 0.3 is 0 Å². The number of thiocarbonyl (C=S) groups is 1. The number of thiophene rings is 1. The van der Waals surface area contributed by atoms with Gasteiger partial charge in [-0.15, -0.1) is 11.3 Å². The molecule has 0 spiro atoms. The van der Waals surface area contributed by atoms with Gasteiger partial charge in [0, 0.05) is 10.4 Å². The van der Waals surface area contributed by atoms with Gasteiger partial charge in [0.25, 0.3) is 11.8 Å². The number of anilines is 1. The van der Waals surface area contributed by atoms with Crippen LogP contribution in [0, 0.1) is 13.8 Å². The molecule has 132 valence electrons. The average molecular weight is 377 g/mol. The fraction of sp³-hybridized carbons (Fsp3) is 0.235. The predicted molar refractivity (Wildman–Crippen MR) is 104 cm³/mol. The molecule has 6 nitrogen and oxygen atoms in total. The summed E-state index contributed by atoms with van der Waals surface area (Å²) in [5, 5.41) is 6.09. The molecule has 2 amide bonds. The first kappa shape index (κ1) is 18.9. The van der Waals surface area contributed by atoms with Gasteiger partial charge in [0.2, 0.25) is 0 Å². The zero-order valence-corrected chi connectivity index (χ0v) is 15.8. The maximum absolute atomic E-state index is 12.3. The number of carbonyl (C=O) groups excluding carboxylic acids is 2. The molecule has 2 rings (SSSR count). The Balaban J connectivity index is 2.10. The largest absolute Gasteiger partial charge is 0.494 e. The van der Waals surface area contributed by atoms with E-state index in [9.17, 15) is 9.59 Å². The number of benzene rings is 1. The smallest absolute Gasteiger partial charge is 0.257 e. The highest BCUT2D eigenvalue weighted by molar-refractivity contribution is 7.80. The Kier molecular flexibility index (Phi) is 6.11. The Morgan fingerprint density at radius 2 is 2.04 bits per heavy atom. The standard InChI is InChI=1S/C17H19N3O3S2/c1-4-23-12-7-5-6-11(8-12)15(22)19-17(24)20-16-13(14(18)21)9(2)10(3)25-16/h5-8H,4H2,1-3H3,(H2,18,21)(H2,19,20,22,24). The lowest BCUT2D eigenvalue weighted by molar-refractivity contribution is 0.0975. The first-order valence-corrected chi connectivity index (χ1v) is 8.81. The topological polar surface area (TPSA) is 93.4 Å². The maximum atomic E-state index is 12.3. The van der Waals surface area contributed by atoms with E-state index in [1.807, 2.05) is 20.8 Å². The van der Waals surface area contributed by atoms with Gasteiger partial charge in [-0.2, -0.15) is 0 Å². The second-order valence-corrected chi connectivity index (χ2v) is 6.85. The Morgan fingerprint density at radius 3 is 2.68 bits per heavy atom. The van der Waals surface area contributed by atoms with E-state index in [-0.39, 0.29) is 11.0 Å². The van der Waals surface area contributed by atoms with E-state index in [1.165, 1.54) is 11.3 Å². The molecule has 8 heteroatoms. The molecule has 0 atom stereocenters. The molecular weight excluding hydrogens is 358 g/mol. The number of rotatable bonds is 5. The summed E-state index contributed by atoms with van der Waals surface area (Å²) in [5.41, 5.74) is 7.04. The van der Waals surface area contributed by atoms with E-state index in [4.69, 9.17) is 22.7 Å². The van der Waals surface area contributed by atoms with Crippen LogP contribution in [0.1, 0.15) is 38.1 Å². The fourth-order valence-electron chi connectivity index (χ4n) is 2.22. The molecule has 0 aliphatic rings. The quantitative estimate of drug-likeness (QED) is 0.697. The molecule has 1 heterocycles. The molecule has 2 aromatic rings. The van der Waals surface area contributed by atoms with Crippen molar-refractivity contribution in [3.05, 3.63) is 45.8 Å². The molecule has 1 aromatic carbocycles. The number of nitrogens with two attached hydrogens (primary N) is 1. The van der Waals surface area contributed by atoms with Crippen LogP contribution in [0.25, 0.3) is 0 Å². The average Bonchev–Trinajstić information content (AvgIpc) is 2.82. The summed E-state index contributed by atoms with van der Waals surface area (Å²) in [4.78, 5) is 24.9. The van der Waals surface area contributed by atoms with Crippen molar-refractivity contribution in [3.63, 3.8) is 0 Å². The zero-order valence-electron chi connectivity index (χ0n) is 14.1. The third-order valence-corrected chi connectivity index (χ3v) is 4.82. The second-order valence-electron chi connectivity index (χ2n) is 5.22. The lowest BCUT2D eigenvalue weighted by Crippen LogP contribution is -2.34. The minimum atomic E-state index is -0.539. The molecule has 0 bridgehead atoms. The van der Waals surface area contributed by atoms with Crippen LogP contribution in [-0.4, -0.2) is 23.5 Å². The van der Waals surface area contributed by atoms with Crippen molar-refractivity contribution in [3.8, 4) is 5.75 Å². The fourth-order valence-corrected chi connectivity index (χ4v) is 3.54. The normalized spacial score (nSPS) is 10.2. The van der Waals surface area contributed by atoms with Gasteiger partial charge in [0.1, 0.15) is 10.8 Å². The lowest BCUT2D eigenvalue weighted by Gasteiger charge is -2.10. The van der Waals surface area contributed by atoms with Gasteiger partial charge in [-0.05, 0) is 56.8 Å². The van der Waals surface area contributed by atoms with Gasteiger partial charge in [-0.25, -0.2) is 0 Å². The van der Waals surface area contributed by atoms with Crippen LogP contribution in [0.3, 0.4) is 0 Å². The van der Waals surface area contributed by atoms with E-state index in [0.717, 1.165) is 10.4 Å². The Labute approximate surface area is 155 Å². The molecule has 25 heavy (non-hydrogen) atoms. The van der Waals surface area contributed by atoms with Crippen molar-refractivity contribution in [1.82, 2.24) is 5.32 Å². The van der Waals surface area contributed by atoms with E-state index in [2.05, 4.69) is 10.6 Å². The van der Waals surface area contributed by atoms with Crippen LogP contribution in [0.15, 0.2) is 24.3 Å². The second kappa shape index (κ2) is 8.09. The van der Waals surface area contributed by atoms with Crippen LogP contribution in [-0.2, 0) is 0 Å². The third kappa shape index (κ3) is 4.55. The number of carbonyl (C=O) groups is 2. The highest BCUT2D eigenvalue weighted by atomic mass is 32.1. The lowest BCUT2D eigenvalue weighted by atomic mass is 10.1. The molecule has 0 saturated carbocycles. The molecule has 0 saturated heterocycles. The van der Waals surface area contributed by atoms with Crippen molar-refractivity contribution in [2.45, 2.75) is 20.8 Å². The summed E-state index contributed by atoms with van der Waals surface area (Å²) in [7, 11) is 0. The number of amides is 2. The minimum absolute atomic E-state index is 0.0931. The molecule has 0 unspecified atom stereocenters. The molecular formula is C17H19N3O3S2. The summed E-state index contributed by atoms with van der Waals surface area (Å²) < 4.78 is 5.38. The van der Waals surface area contributed by atoms with Crippen LogP contribution >= 0.6 is 23.6 Å². The van der Waals surface area contributed by atoms with Crippen LogP contribution in [0.5, 0.6) is 5.75 Å². The van der Waals surface area contributed by atoms with Crippen molar-refractivity contribution in [2.24, 2.45) is 5.73 Å². The SMILES string of the molecule is CCOc1cccc(C(=O)NC(=S)Nc2sc(C)c(C)c2C(N)=O)c1. The van der Waals surface area contributed by atoms with Gasteiger partial charge in [0.15, 0.2) is 5.11 Å². The Morgan fingerprint density at radius 1 is 1.32 bits per heavy atom. The van der Waals surface area contributed by atoms with E-state index >= 15 is 0 Å². The molecule has 0 aliphatic heterocycles. The van der Waals surface area contributed by atoms with Crippen LogP contribution < -0.4 is 21.1 Å². The predicted octanol–water partition coefficient (Wildman–Crippen LogP) is 2.99. The summed E-state index contributed by atoms with van der Waals surface area (Å²) >= 11 is 6.53. The Hall–Kier alpha value is -2.45. The maximum Gasteiger partial charge on any atom is 0.257 e. The summed E-state index contributed by atoms with van der Waals surface area (Å²) in [6, 6.07) is 6.80. The number of ether oxygens (including phenoxy) is 1. The number of hydrogen-bond acceptors (Lipinski definition) is 5. The van der Waals surface area contributed by atoms with Crippen molar-refractivity contribution < 1.29 is 14.3 Å². The molecule has 0 radical (unpaired) electrons. The third-order valence-electron chi connectivity index (χ3n) is 3.49. The van der Waals surface area contributed by atoms with E-state index < -0.39 is 5.91 Å². The van der Waals surface area contributed by atoms with Crippen LogP contribution in [0.2, 0.25) is 0 Å². The van der Waals surface area contributed by atoms with Crippen LogP contribution in [0.4, 0.5) is 5.00 Å². The minimum Gasteiger partial charge on any atom is -0.494 e. The van der Waals surface area contributed by atoms with Gasteiger partial charge in [-0.3, -0.25) is 14.9 Å². The first-order valence-electron chi connectivity index (χ1n) is 7.58. The van der Waals surface area contributed by atoms with Crippen molar-refractivity contribution in [2.75, 3.05) is 11.9 Å². The van der Waals surface area contributed by atoms with E-state index in [0.29, 0.717) is 28.5 Å². The number of hydrogen-bond donors (Lipinski definition) is 3. The van der Waals surface area contributed by atoms with E-state index in [1.54, 1.807) is 24.3 Å².